The summed E-state index contributed by atoms with van der Waals surface area (Å²) in [4.78, 5) is 20.7. The Morgan fingerprint density at radius 1 is 1.14 bits per heavy atom. The van der Waals surface area contributed by atoms with E-state index < -0.39 is 16.1 Å². The second-order valence-electron chi connectivity index (χ2n) is 9.29. The zero-order chi connectivity index (χ0) is 26.2. The van der Waals surface area contributed by atoms with E-state index in [0.717, 1.165) is 23.1 Å². The van der Waals surface area contributed by atoms with Gasteiger partial charge in [-0.25, -0.2) is 13.4 Å². The minimum atomic E-state index is -3.88. The van der Waals surface area contributed by atoms with Crippen molar-refractivity contribution in [3.8, 4) is 11.5 Å². The number of thiazole rings is 1. The number of aromatic nitrogens is 1. The topological polar surface area (TPSA) is 98.3 Å². The lowest BCUT2D eigenvalue weighted by Crippen LogP contribution is -2.49. The molecule has 1 aromatic heterocycles. The minimum Gasteiger partial charge on any atom is -0.497 e. The quantitative estimate of drug-likeness (QED) is 0.422. The number of amides is 1. The van der Waals surface area contributed by atoms with Crippen LogP contribution >= 0.6 is 11.3 Å². The number of hydrogen-bond acceptors (Lipinski definition) is 8. The summed E-state index contributed by atoms with van der Waals surface area (Å²) in [6, 6.07) is 9.27. The van der Waals surface area contributed by atoms with Crippen molar-refractivity contribution in [3.05, 3.63) is 42.0 Å². The Morgan fingerprint density at radius 2 is 1.92 bits per heavy atom. The Kier molecular flexibility index (Phi) is 7.39. The monoisotopic (exact) mass is 545 g/mol. The van der Waals surface area contributed by atoms with E-state index >= 15 is 0 Å². The largest absolute Gasteiger partial charge is 0.497 e. The van der Waals surface area contributed by atoms with Gasteiger partial charge in [0.25, 0.3) is 0 Å². The third kappa shape index (κ3) is 4.93. The summed E-state index contributed by atoms with van der Waals surface area (Å²) in [6.07, 6.45) is 2.71. The van der Waals surface area contributed by atoms with Gasteiger partial charge in [-0.05, 0) is 68.5 Å². The highest BCUT2D eigenvalue weighted by molar-refractivity contribution is 7.89. The van der Waals surface area contributed by atoms with Gasteiger partial charge in [-0.3, -0.25) is 9.69 Å². The molecule has 37 heavy (non-hydrogen) atoms. The molecule has 2 aliphatic rings. The zero-order valence-electron chi connectivity index (χ0n) is 21.2. The first kappa shape index (κ1) is 25.9. The predicted octanol–water partition coefficient (Wildman–Crippen LogP) is 3.99. The van der Waals surface area contributed by atoms with Crippen molar-refractivity contribution < 1.29 is 27.4 Å². The number of hydrogen-bond donors (Lipinski definition) is 0. The third-order valence-corrected chi connectivity index (χ3v) is 10.1. The molecule has 1 amide bonds. The maximum absolute atomic E-state index is 14.1. The number of methoxy groups -OCH3 is 2. The van der Waals surface area contributed by atoms with E-state index in [4.69, 9.17) is 19.2 Å². The van der Waals surface area contributed by atoms with Crippen LogP contribution in [0.4, 0.5) is 5.13 Å². The molecule has 2 atom stereocenters. The molecule has 2 unspecified atom stereocenters. The minimum absolute atomic E-state index is 0.119. The molecule has 2 saturated heterocycles. The number of nitrogens with zero attached hydrogens (tertiary/aromatic N) is 3. The van der Waals surface area contributed by atoms with Gasteiger partial charge in [0.1, 0.15) is 23.1 Å². The summed E-state index contributed by atoms with van der Waals surface area (Å²) in [7, 11) is -0.757. The third-order valence-electron chi connectivity index (χ3n) is 6.97. The van der Waals surface area contributed by atoms with Gasteiger partial charge in [0, 0.05) is 13.2 Å². The number of fused-ring (bicyclic) bond motifs is 1. The SMILES string of the molecule is COc1ccc(S(=O)(=O)N2CCCC2C(=O)N(CC2CCCO2)c2nc3c(OC)ccc(C)c3s2)cc1. The van der Waals surface area contributed by atoms with Gasteiger partial charge in [-0.2, -0.15) is 4.31 Å². The molecule has 0 aliphatic carbocycles. The number of rotatable bonds is 8. The Hall–Kier alpha value is -2.73. The average Bonchev–Trinajstić information content (AvgIpc) is 3.68. The van der Waals surface area contributed by atoms with E-state index in [2.05, 4.69) is 0 Å². The fourth-order valence-corrected chi connectivity index (χ4v) is 7.69. The summed E-state index contributed by atoms with van der Waals surface area (Å²) in [5.74, 6) is 0.926. The molecule has 3 aromatic rings. The van der Waals surface area contributed by atoms with Crippen molar-refractivity contribution in [2.45, 2.75) is 49.6 Å². The summed E-state index contributed by atoms with van der Waals surface area (Å²) in [5.41, 5.74) is 1.73. The van der Waals surface area contributed by atoms with Crippen molar-refractivity contribution in [3.63, 3.8) is 0 Å². The van der Waals surface area contributed by atoms with Gasteiger partial charge >= 0.3 is 0 Å². The standard InChI is InChI=1S/C26H31N3O6S2/c1-17-8-13-22(34-3)23-24(17)36-26(27-23)28(16-19-6-5-15-35-19)25(30)21-7-4-14-29(21)37(31,32)20-11-9-18(33-2)10-12-20/h8-13,19,21H,4-7,14-16H2,1-3H3. The van der Waals surface area contributed by atoms with Crippen LogP contribution in [-0.2, 0) is 19.6 Å². The maximum Gasteiger partial charge on any atom is 0.247 e. The second-order valence-corrected chi connectivity index (χ2v) is 12.2. The number of carbonyl (C=O) groups is 1. The first-order chi connectivity index (χ1) is 17.8. The lowest BCUT2D eigenvalue weighted by molar-refractivity contribution is -0.122. The maximum atomic E-state index is 14.1. The summed E-state index contributed by atoms with van der Waals surface area (Å²) >= 11 is 1.42. The normalized spacial score (nSPS) is 20.4. The van der Waals surface area contributed by atoms with Crippen molar-refractivity contribution >= 4 is 42.6 Å². The highest BCUT2D eigenvalue weighted by Gasteiger charge is 2.42. The molecular weight excluding hydrogens is 514 g/mol. The average molecular weight is 546 g/mol. The van der Waals surface area contributed by atoms with E-state index in [1.54, 1.807) is 24.1 Å². The Balaban J connectivity index is 1.50. The number of aryl methyl sites for hydroxylation is 1. The number of ether oxygens (including phenoxy) is 3. The van der Waals surface area contributed by atoms with E-state index in [9.17, 15) is 13.2 Å². The molecule has 198 valence electrons. The molecule has 0 saturated carbocycles. The van der Waals surface area contributed by atoms with E-state index in [1.807, 2.05) is 19.1 Å². The van der Waals surface area contributed by atoms with Crippen LogP contribution in [0.25, 0.3) is 10.2 Å². The number of anilines is 1. The molecule has 9 nitrogen and oxygen atoms in total. The van der Waals surface area contributed by atoms with Crippen LogP contribution in [0.1, 0.15) is 31.2 Å². The van der Waals surface area contributed by atoms with Crippen LogP contribution in [0.15, 0.2) is 41.3 Å². The lowest BCUT2D eigenvalue weighted by Gasteiger charge is -2.29. The Morgan fingerprint density at radius 3 is 2.59 bits per heavy atom. The molecule has 0 bridgehead atoms. The van der Waals surface area contributed by atoms with Crippen molar-refractivity contribution in [1.29, 1.82) is 0 Å². The van der Waals surface area contributed by atoms with Gasteiger partial charge in [-0.15, -0.1) is 0 Å². The fraction of sp³-hybridized carbons (Fsp3) is 0.462. The highest BCUT2D eigenvalue weighted by atomic mass is 32.2. The Labute approximate surface area is 221 Å². The van der Waals surface area contributed by atoms with Crippen LogP contribution in [0.3, 0.4) is 0 Å². The van der Waals surface area contributed by atoms with Crippen LogP contribution in [-0.4, -0.2) is 69.7 Å². The van der Waals surface area contributed by atoms with Gasteiger partial charge in [-0.1, -0.05) is 17.4 Å². The molecular formula is C26H31N3O6S2. The first-order valence-electron chi connectivity index (χ1n) is 12.4. The van der Waals surface area contributed by atoms with Crippen LogP contribution < -0.4 is 14.4 Å². The fourth-order valence-electron chi connectivity index (χ4n) is 4.97. The summed E-state index contributed by atoms with van der Waals surface area (Å²) < 4.78 is 46.0. The van der Waals surface area contributed by atoms with E-state index in [1.165, 1.54) is 34.9 Å². The molecule has 3 heterocycles. The van der Waals surface area contributed by atoms with Crippen LogP contribution in [0, 0.1) is 6.92 Å². The molecule has 0 spiro atoms. The van der Waals surface area contributed by atoms with Crippen LogP contribution in [0.2, 0.25) is 0 Å². The van der Waals surface area contributed by atoms with E-state index in [-0.39, 0.29) is 23.5 Å². The summed E-state index contributed by atoms with van der Waals surface area (Å²) in [6.45, 7) is 3.26. The van der Waals surface area contributed by atoms with Crippen molar-refractivity contribution in [2.75, 3.05) is 38.8 Å². The molecule has 2 aliphatic heterocycles. The summed E-state index contributed by atoms with van der Waals surface area (Å²) in [5, 5.41) is 0.525. The smallest absolute Gasteiger partial charge is 0.247 e. The Bertz CT molecular complexity index is 1380. The molecule has 5 rings (SSSR count). The number of sulfonamides is 1. The molecule has 0 N–H and O–H groups in total. The predicted molar refractivity (Wildman–Crippen MR) is 142 cm³/mol. The zero-order valence-corrected chi connectivity index (χ0v) is 22.8. The number of carbonyl (C=O) groups excluding carboxylic acids is 1. The van der Waals surface area contributed by atoms with Gasteiger partial charge in [0.05, 0.1) is 36.5 Å². The molecule has 2 aromatic carbocycles. The lowest BCUT2D eigenvalue weighted by atomic mass is 10.2. The first-order valence-corrected chi connectivity index (χ1v) is 14.6. The molecule has 11 heteroatoms. The van der Waals surface area contributed by atoms with Gasteiger partial charge < -0.3 is 14.2 Å². The highest BCUT2D eigenvalue weighted by Crippen LogP contribution is 2.38. The van der Waals surface area contributed by atoms with Crippen molar-refractivity contribution in [1.82, 2.24) is 9.29 Å². The number of benzene rings is 2. The van der Waals surface area contributed by atoms with Crippen molar-refractivity contribution in [2.24, 2.45) is 0 Å². The van der Waals surface area contributed by atoms with Gasteiger partial charge in [0.2, 0.25) is 15.9 Å². The second kappa shape index (κ2) is 10.6. The van der Waals surface area contributed by atoms with Crippen LogP contribution in [0.5, 0.6) is 11.5 Å². The molecule has 0 radical (unpaired) electrons. The van der Waals surface area contributed by atoms with E-state index in [0.29, 0.717) is 48.1 Å². The van der Waals surface area contributed by atoms with Gasteiger partial charge in [0.15, 0.2) is 5.13 Å². The molecule has 2 fully saturated rings.